The third-order valence-corrected chi connectivity index (χ3v) is 7.11. The second-order valence-electron chi connectivity index (χ2n) is 8.34. The quantitative estimate of drug-likeness (QED) is 0.241. The number of nitrogens with zero attached hydrogens (tertiary/aromatic N) is 4. The summed E-state index contributed by atoms with van der Waals surface area (Å²) in [5.41, 5.74) is 5.44. The van der Waals surface area contributed by atoms with Gasteiger partial charge in [-0.05, 0) is 83.6 Å². The molecule has 2 aromatic carbocycles. The fourth-order valence-corrected chi connectivity index (χ4v) is 5.20. The number of fused-ring (bicyclic) bond motifs is 2. The van der Waals surface area contributed by atoms with Gasteiger partial charge in [-0.15, -0.1) is 0 Å². The van der Waals surface area contributed by atoms with E-state index in [0.717, 1.165) is 54.6 Å². The average Bonchev–Trinajstić information content (AvgIpc) is 2.96. The van der Waals surface area contributed by atoms with Crippen LogP contribution in [0.4, 0.5) is 0 Å². The minimum absolute atomic E-state index is 0.687. The number of methoxy groups -OCH3 is 2. The monoisotopic (exact) mass is 502 g/mol. The SMILES string of the molecule is COc1ccc(-c2cc3cccnc3nc2Sc2nc3ncccc3cc2-c2ccc(OC)cc2)cc1. The maximum Gasteiger partial charge on any atom is 0.160 e. The fraction of sp³-hybridized carbons (Fsp3) is 0.0667. The Morgan fingerprint density at radius 3 is 1.41 bits per heavy atom. The first kappa shape index (κ1) is 22.9. The van der Waals surface area contributed by atoms with E-state index in [0.29, 0.717) is 11.3 Å². The minimum atomic E-state index is 0.687. The molecular formula is C30H22N4O2S. The van der Waals surface area contributed by atoms with Gasteiger partial charge in [0.25, 0.3) is 0 Å². The first-order valence-electron chi connectivity index (χ1n) is 11.7. The molecule has 6 aromatic rings. The average molecular weight is 503 g/mol. The summed E-state index contributed by atoms with van der Waals surface area (Å²) in [5, 5.41) is 3.57. The highest BCUT2D eigenvalue weighted by atomic mass is 32.2. The van der Waals surface area contributed by atoms with Crippen molar-refractivity contribution in [2.75, 3.05) is 14.2 Å². The van der Waals surface area contributed by atoms with Crippen molar-refractivity contribution in [3.8, 4) is 33.8 Å². The molecule has 0 spiro atoms. The Hall–Kier alpha value is -4.49. The zero-order valence-corrected chi connectivity index (χ0v) is 21.1. The third kappa shape index (κ3) is 4.57. The summed E-state index contributed by atoms with van der Waals surface area (Å²) in [6.45, 7) is 0. The van der Waals surface area contributed by atoms with Gasteiger partial charge in [-0.3, -0.25) is 0 Å². The predicted molar refractivity (Wildman–Crippen MR) is 147 cm³/mol. The van der Waals surface area contributed by atoms with E-state index in [1.807, 2.05) is 72.8 Å². The highest BCUT2D eigenvalue weighted by Crippen LogP contribution is 2.41. The second-order valence-corrected chi connectivity index (χ2v) is 9.32. The van der Waals surface area contributed by atoms with Gasteiger partial charge in [0.15, 0.2) is 11.3 Å². The van der Waals surface area contributed by atoms with Crippen LogP contribution in [0.3, 0.4) is 0 Å². The molecule has 4 aromatic heterocycles. The van der Waals surface area contributed by atoms with Gasteiger partial charge in [-0.1, -0.05) is 24.3 Å². The Balaban J connectivity index is 1.53. The molecule has 0 fully saturated rings. The molecule has 180 valence electrons. The standard InChI is InChI=1S/C30H22N4O2S/c1-35-23-11-7-19(8-12-23)25-17-21-5-3-15-31-27(21)33-29(25)37-30-26(20-9-13-24(36-2)14-10-20)18-22-6-4-16-32-28(22)34-30/h3-18H,1-2H3. The van der Waals surface area contributed by atoms with Crippen LogP contribution in [0.15, 0.2) is 107 Å². The van der Waals surface area contributed by atoms with Crippen molar-refractivity contribution in [2.24, 2.45) is 0 Å². The number of ether oxygens (including phenoxy) is 2. The second kappa shape index (κ2) is 9.87. The molecule has 6 rings (SSSR count). The minimum Gasteiger partial charge on any atom is -0.497 e. The van der Waals surface area contributed by atoms with Crippen molar-refractivity contribution >= 4 is 33.8 Å². The van der Waals surface area contributed by atoms with Gasteiger partial charge in [0, 0.05) is 34.3 Å². The lowest BCUT2D eigenvalue weighted by atomic mass is 10.1. The van der Waals surface area contributed by atoms with Crippen LogP contribution in [0, 0.1) is 0 Å². The molecule has 0 aliphatic heterocycles. The van der Waals surface area contributed by atoms with Crippen molar-refractivity contribution in [3.05, 3.63) is 97.3 Å². The number of hydrogen-bond donors (Lipinski definition) is 0. The van der Waals surface area contributed by atoms with Crippen LogP contribution in [0.1, 0.15) is 0 Å². The van der Waals surface area contributed by atoms with Crippen LogP contribution in [0.2, 0.25) is 0 Å². The van der Waals surface area contributed by atoms with E-state index in [1.54, 1.807) is 26.6 Å². The molecule has 7 heteroatoms. The van der Waals surface area contributed by atoms with E-state index in [-0.39, 0.29) is 0 Å². The largest absolute Gasteiger partial charge is 0.497 e. The smallest absolute Gasteiger partial charge is 0.160 e. The summed E-state index contributed by atoms with van der Waals surface area (Å²) in [7, 11) is 3.33. The summed E-state index contributed by atoms with van der Waals surface area (Å²) in [6, 6.07) is 28.2. The van der Waals surface area contributed by atoms with Crippen molar-refractivity contribution in [2.45, 2.75) is 10.1 Å². The van der Waals surface area contributed by atoms with E-state index in [9.17, 15) is 0 Å². The Morgan fingerprint density at radius 2 is 1.00 bits per heavy atom. The molecular weight excluding hydrogens is 480 g/mol. The van der Waals surface area contributed by atoms with E-state index in [4.69, 9.17) is 19.4 Å². The summed E-state index contributed by atoms with van der Waals surface area (Å²) in [4.78, 5) is 19.0. The van der Waals surface area contributed by atoms with Gasteiger partial charge in [0.05, 0.1) is 14.2 Å². The van der Waals surface area contributed by atoms with Gasteiger partial charge >= 0.3 is 0 Å². The Labute approximate surface area is 218 Å². The first-order valence-corrected chi connectivity index (χ1v) is 12.5. The topological polar surface area (TPSA) is 70.0 Å². The van der Waals surface area contributed by atoms with E-state index < -0.39 is 0 Å². The molecule has 0 N–H and O–H groups in total. The molecule has 0 amide bonds. The first-order chi connectivity index (χ1) is 18.2. The van der Waals surface area contributed by atoms with Crippen molar-refractivity contribution in [1.82, 2.24) is 19.9 Å². The van der Waals surface area contributed by atoms with E-state index >= 15 is 0 Å². The van der Waals surface area contributed by atoms with Crippen LogP contribution in [0.5, 0.6) is 11.5 Å². The van der Waals surface area contributed by atoms with Crippen LogP contribution in [-0.2, 0) is 0 Å². The lowest BCUT2D eigenvalue weighted by molar-refractivity contribution is 0.415. The van der Waals surface area contributed by atoms with Gasteiger partial charge in [-0.25, -0.2) is 19.9 Å². The van der Waals surface area contributed by atoms with Crippen LogP contribution in [-0.4, -0.2) is 34.2 Å². The molecule has 6 nitrogen and oxygen atoms in total. The summed E-state index contributed by atoms with van der Waals surface area (Å²) >= 11 is 1.52. The molecule has 37 heavy (non-hydrogen) atoms. The van der Waals surface area contributed by atoms with Crippen LogP contribution >= 0.6 is 11.8 Å². The molecule has 0 saturated carbocycles. The Kier molecular flexibility index (Phi) is 6.12. The normalized spacial score (nSPS) is 11.1. The number of rotatable bonds is 6. The van der Waals surface area contributed by atoms with Crippen LogP contribution in [0.25, 0.3) is 44.3 Å². The lowest BCUT2D eigenvalue weighted by Crippen LogP contribution is -1.95. The predicted octanol–water partition coefficient (Wildman–Crippen LogP) is 7.08. The Bertz CT molecular complexity index is 1590. The third-order valence-electron chi connectivity index (χ3n) is 6.10. The van der Waals surface area contributed by atoms with Gasteiger partial charge in [0.2, 0.25) is 0 Å². The van der Waals surface area contributed by atoms with Crippen molar-refractivity contribution < 1.29 is 9.47 Å². The fourth-order valence-electron chi connectivity index (χ4n) is 4.18. The molecule has 0 saturated heterocycles. The van der Waals surface area contributed by atoms with Gasteiger partial charge in [0.1, 0.15) is 21.6 Å². The van der Waals surface area contributed by atoms with Gasteiger partial charge in [-0.2, -0.15) is 0 Å². The number of benzene rings is 2. The van der Waals surface area contributed by atoms with Crippen molar-refractivity contribution in [1.29, 1.82) is 0 Å². The summed E-state index contributed by atoms with van der Waals surface area (Å²) in [5.74, 6) is 1.61. The maximum absolute atomic E-state index is 5.37. The number of pyridine rings is 4. The molecule has 4 heterocycles. The molecule has 0 bridgehead atoms. The molecule has 0 radical (unpaired) electrons. The zero-order chi connectivity index (χ0) is 25.2. The summed E-state index contributed by atoms with van der Waals surface area (Å²) in [6.07, 6.45) is 3.52. The molecule has 0 atom stereocenters. The maximum atomic E-state index is 5.37. The highest BCUT2D eigenvalue weighted by Gasteiger charge is 2.17. The lowest BCUT2D eigenvalue weighted by Gasteiger charge is -2.14. The molecule has 0 aliphatic carbocycles. The van der Waals surface area contributed by atoms with Crippen LogP contribution < -0.4 is 9.47 Å². The molecule has 0 aliphatic rings. The van der Waals surface area contributed by atoms with Gasteiger partial charge < -0.3 is 9.47 Å². The number of aromatic nitrogens is 4. The summed E-state index contributed by atoms with van der Waals surface area (Å²) < 4.78 is 10.7. The zero-order valence-electron chi connectivity index (χ0n) is 20.3. The molecule has 0 unspecified atom stereocenters. The number of hydrogen-bond acceptors (Lipinski definition) is 7. The highest BCUT2D eigenvalue weighted by molar-refractivity contribution is 7.99. The van der Waals surface area contributed by atoms with E-state index in [1.165, 1.54) is 11.8 Å². The van der Waals surface area contributed by atoms with E-state index in [2.05, 4.69) is 22.1 Å². The van der Waals surface area contributed by atoms with Crippen molar-refractivity contribution in [3.63, 3.8) is 0 Å². The Morgan fingerprint density at radius 1 is 0.568 bits per heavy atom.